The highest BCUT2D eigenvalue weighted by Gasteiger charge is 2.40. The predicted octanol–water partition coefficient (Wildman–Crippen LogP) is 4.03. The number of carbonyl (C=O) groups is 4. The summed E-state index contributed by atoms with van der Waals surface area (Å²) < 4.78 is 13.0. The Morgan fingerprint density at radius 1 is 1.21 bits per heavy atom. The Balaban J connectivity index is 1.34. The lowest BCUT2D eigenvalue weighted by Crippen LogP contribution is -2.54. The Bertz CT molecular complexity index is 1520. The molecule has 0 radical (unpaired) electrons. The van der Waals surface area contributed by atoms with Gasteiger partial charge in [0.15, 0.2) is 0 Å². The van der Waals surface area contributed by atoms with Gasteiger partial charge in [-0.1, -0.05) is 31.6 Å². The van der Waals surface area contributed by atoms with Crippen LogP contribution in [-0.2, 0) is 27.8 Å². The number of hydrogen-bond donors (Lipinski definition) is 2. The molecule has 5 rings (SSSR count). The molecule has 1 aromatic carbocycles. The van der Waals surface area contributed by atoms with E-state index >= 15 is 0 Å². The monoisotopic (exact) mass is 591 g/mol. The van der Waals surface area contributed by atoms with Gasteiger partial charge in [0.05, 0.1) is 29.9 Å². The maximum Gasteiger partial charge on any atom is 0.290 e. The summed E-state index contributed by atoms with van der Waals surface area (Å²) in [6.07, 6.45) is 6.18. The van der Waals surface area contributed by atoms with Crippen LogP contribution < -0.4 is 15.4 Å². The number of carbonyl (C=O) groups excluding carboxylic acids is 4. The van der Waals surface area contributed by atoms with E-state index in [0.717, 1.165) is 47.8 Å². The van der Waals surface area contributed by atoms with Crippen LogP contribution in [0.3, 0.4) is 0 Å². The first-order valence-corrected chi connectivity index (χ1v) is 14.6. The average Bonchev–Trinajstić information content (AvgIpc) is 3.50. The molecule has 0 bridgehead atoms. The zero-order chi connectivity index (χ0) is 30.0. The fourth-order valence-electron chi connectivity index (χ4n) is 5.47. The number of rotatable bonds is 10. The van der Waals surface area contributed by atoms with E-state index < -0.39 is 12.1 Å². The number of aryl methyl sites for hydroxylation is 2. The fraction of sp³-hybridized carbons (Fsp3) is 0.367. The first-order chi connectivity index (χ1) is 20.2. The van der Waals surface area contributed by atoms with Crippen molar-refractivity contribution in [3.63, 3.8) is 0 Å². The molecule has 0 spiro atoms. The van der Waals surface area contributed by atoms with Crippen LogP contribution in [0.15, 0.2) is 52.7 Å². The molecule has 2 atom stereocenters. The summed E-state index contributed by atoms with van der Waals surface area (Å²) in [6.45, 7) is 4.38. The van der Waals surface area contributed by atoms with Gasteiger partial charge in [0.25, 0.3) is 17.1 Å². The van der Waals surface area contributed by atoms with Gasteiger partial charge in [-0.25, -0.2) is 0 Å². The fourth-order valence-corrected chi connectivity index (χ4v) is 6.22. The Labute approximate surface area is 248 Å². The Kier molecular flexibility index (Phi) is 8.53. The van der Waals surface area contributed by atoms with E-state index in [0.29, 0.717) is 39.7 Å². The molecule has 42 heavy (non-hydrogen) atoms. The molecular weight excluding hydrogens is 558 g/mol. The number of aldehydes is 1. The summed E-state index contributed by atoms with van der Waals surface area (Å²) in [5.74, 6) is 0.406. The van der Waals surface area contributed by atoms with E-state index in [2.05, 4.69) is 22.7 Å². The summed E-state index contributed by atoms with van der Waals surface area (Å²) in [5, 5.41) is 10.1. The van der Waals surface area contributed by atoms with Crippen LogP contribution in [0.25, 0.3) is 5.57 Å². The molecule has 2 aromatic rings. The van der Waals surface area contributed by atoms with Crippen molar-refractivity contribution in [3.8, 4) is 5.75 Å². The largest absolute Gasteiger partial charge is 0.496 e. The molecule has 2 aliphatic heterocycles. The van der Waals surface area contributed by atoms with E-state index in [1.165, 1.54) is 7.11 Å². The molecule has 3 aliphatic rings. The summed E-state index contributed by atoms with van der Waals surface area (Å²) in [6, 6.07) is 7.24. The van der Waals surface area contributed by atoms with Crippen LogP contribution in [0.1, 0.15) is 48.4 Å². The minimum atomic E-state index is -0.424. The first-order valence-electron chi connectivity index (χ1n) is 13.8. The van der Waals surface area contributed by atoms with Crippen LogP contribution in [0.4, 0.5) is 10.5 Å². The van der Waals surface area contributed by atoms with Crippen molar-refractivity contribution in [1.29, 1.82) is 0 Å². The molecule has 3 heterocycles. The number of allylic oxidation sites excluding steroid dienone is 3. The Morgan fingerprint density at radius 3 is 2.62 bits per heavy atom. The number of thioether (sulfide) groups is 1. The van der Waals surface area contributed by atoms with Crippen LogP contribution in [0, 0.1) is 5.92 Å². The topological polar surface area (TPSA) is 132 Å². The van der Waals surface area contributed by atoms with E-state index in [1.54, 1.807) is 41.8 Å². The van der Waals surface area contributed by atoms with Crippen molar-refractivity contribution in [2.45, 2.75) is 39.3 Å². The maximum atomic E-state index is 13.9. The lowest BCUT2D eigenvalue weighted by molar-refractivity contribution is -0.115. The first kappa shape index (κ1) is 29.2. The lowest BCUT2D eigenvalue weighted by Gasteiger charge is -2.41. The molecule has 1 saturated heterocycles. The second kappa shape index (κ2) is 12.3. The SMILES string of the molecule is CCCc1nn(C)c2c1NC(C1C=CC(OC)=C(C=O)C1)N(CCOc1ccc(/C(C)=C3/SC(=O)NC3=O)cc1)C2=O. The lowest BCUT2D eigenvalue weighted by atomic mass is 9.89. The normalized spacial score (nSPS) is 21.2. The Hall–Kier alpha value is -4.32. The summed E-state index contributed by atoms with van der Waals surface area (Å²) in [7, 11) is 3.30. The number of nitrogens with one attached hydrogen (secondary N) is 2. The molecule has 2 unspecified atom stereocenters. The number of nitrogens with zero attached hydrogens (tertiary/aromatic N) is 3. The number of fused-ring (bicyclic) bond motifs is 1. The highest BCUT2D eigenvalue weighted by Crippen LogP contribution is 2.36. The van der Waals surface area contributed by atoms with Crippen LogP contribution in [0.2, 0.25) is 0 Å². The van der Waals surface area contributed by atoms with Crippen molar-refractivity contribution in [2.24, 2.45) is 13.0 Å². The standard InChI is InChI=1S/C30H33N5O6S/c1-5-6-22-24-25(34(3)33-22)29(38)35(27(31-24)19-9-12-23(40-4)20(15-19)16-36)13-14-41-21-10-7-18(8-11-21)17(2)26-28(37)32-30(39)42-26/h7-12,16,19,27,31H,5-6,13-15H2,1-4H3,(H,32,37,39)/b26-17+. The third-order valence-electron chi connectivity index (χ3n) is 7.58. The van der Waals surface area contributed by atoms with Crippen molar-refractivity contribution in [3.05, 3.63) is 69.6 Å². The second-order valence-electron chi connectivity index (χ2n) is 10.2. The Morgan fingerprint density at radius 2 is 1.98 bits per heavy atom. The van der Waals surface area contributed by atoms with Gasteiger partial charge < -0.3 is 19.7 Å². The smallest absolute Gasteiger partial charge is 0.290 e. The molecule has 1 aliphatic carbocycles. The number of imide groups is 1. The van der Waals surface area contributed by atoms with E-state index in [9.17, 15) is 19.2 Å². The molecule has 3 amide bonds. The maximum absolute atomic E-state index is 13.9. The summed E-state index contributed by atoms with van der Waals surface area (Å²) >= 11 is 0.891. The highest BCUT2D eigenvalue weighted by atomic mass is 32.2. The molecule has 11 nitrogen and oxygen atoms in total. The number of hydrogen-bond acceptors (Lipinski definition) is 9. The minimum Gasteiger partial charge on any atom is -0.496 e. The number of aromatic nitrogens is 2. The molecule has 1 aromatic heterocycles. The van der Waals surface area contributed by atoms with Crippen LogP contribution >= 0.6 is 11.8 Å². The van der Waals surface area contributed by atoms with E-state index in [4.69, 9.17) is 9.47 Å². The van der Waals surface area contributed by atoms with Gasteiger partial charge in [-0.05, 0) is 60.9 Å². The zero-order valence-electron chi connectivity index (χ0n) is 23.9. The molecule has 2 N–H and O–H groups in total. The van der Waals surface area contributed by atoms with Crippen molar-refractivity contribution < 1.29 is 28.7 Å². The van der Waals surface area contributed by atoms with Gasteiger partial charge in [0, 0.05) is 18.5 Å². The summed E-state index contributed by atoms with van der Waals surface area (Å²) in [4.78, 5) is 51.4. The van der Waals surface area contributed by atoms with Gasteiger partial charge in [0.2, 0.25) is 0 Å². The minimum absolute atomic E-state index is 0.156. The number of amides is 3. The highest BCUT2D eigenvalue weighted by molar-refractivity contribution is 8.18. The van der Waals surface area contributed by atoms with Gasteiger partial charge in [0.1, 0.15) is 36.3 Å². The average molecular weight is 592 g/mol. The van der Waals surface area contributed by atoms with Crippen LogP contribution in [0.5, 0.6) is 5.75 Å². The molecule has 12 heteroatoms. The number of methoxy groups -OCH3 is 1. The van der Waals surface area contributed by atoms with Crippen LogP contribution in [-0.4, -0.2) is 64.4 Å². The van der Waals surface area contributed by atoms with Crippen molar-refractivity contribution >= 4 is 46.4 Å². The van der Waals surface area contributed by atoms with Gasteiger partial charge in [-0.2, -0.15) is 5.10 Å². The number of benzene rings is 1. The van der Waals surface area contributed by atoms with Crippen molar-refractivity contribution in [1.82, 2.24) is 20.0 Å². The third-order valence-corrected chi connectivity index (χ3v) is 8.56. The molecule has 0 saturated carbocycles. The van der Waals surface area contributed by atoms with E-state index in [-0.39, 0.29) is 30.2 Å². The quantitative estimate of drug-likeness (QED) is 0.310. The van der Waals surface area contributed by atoms with Gasteiger partial charge in [-0.15, -0.1) is 0 Å². The molecule has 1 fully saturated rings. The molecule has 220 valence electrons. The number of ether oxygens (including phenoxy) is 2. The van der Waals surface area contributed by atoms with E-state index in [1.807, 2.05) is 18.2 Å². The van der Waals surface area contributed by atoms with Gasteiger partial charge in [-0.3, -0.25) is 29.2 Å². The summed E-state index contributed by atoms with van der Waals surface area (Å²) in [5.41, 5.74) is 4.14. The predicted molar refractivity (Wildman–Crippen MR) is 159 cm³/mol. The number of anilines is 1. The third kappa shape index (κ3) is 5.58. The van der Waals surface area contributed by atoms with Gasteiger partial charge >= 0.3 is 0 Å². The van der Waals surface area contributed by atoms with Crippen molar-refractivity contribution in [2.75, 3.05) is 25.6 Å². The molecular formula is C30H33N5O6S. The zero-order valence-corrected chi connectivity index (χ0v) is 24.7. The second-order valence-corrected chi connectivity index (χ2v) is 11.2.